The predicted molar refractivity (Wildman–Crippen MR) is 46.7 cm³/mol. The molecule has 0 aliphatic rings. The van der Waals surface area contributed by atoms with Crippen molar-refractivity contribution in [3.63, 3.8) is 0 Å². The number of rotatable bonds is 3. The van der Waals surface area contributed by atoms with E-state index in [1.165, 1.54) is 12.3 Å². The molecule has 0 saturated carbocycles. The zero-order valence-corrected chi connectivity index (χ0v) is 6.39. The van der Waals surface area contributed by atoms with E-state index < -0.39 is 0 Å². The Balaban J connectivity index is 4.49. The first kappa shape index (κ1) is 9.42. The molecule has 0 heterocycles. The highest BCUT2D eigenvalue weighted by Crippen LogP contribution is 1.93. The molecule has 4 nitrogen and oxygen atoms in total. The van der Waals surface area contributed by atoms with Gasteiger partial charge in [-0.3, -0.25) is 0 Å². The Morgan fingerprint density at radius 1 is 1.45 bits per heavy atom. The van der Waals surface area contributed by atoms with Crippen LogP contribution in [-0.2, 0) is 0 Å². The standard InChI is InChI=1S/C7H12N4/c1-5(10)2-7(11)6(3-8)4-9/h2-4,8,11H,9-10H2,1H3/b5-2-,6-4+,8-3?,11-7?. The summed E-state index contributed by atoms with van der Waals surface area (Å²) in [7, 11) is 0. The summed E-state index contributed by atoms with van der Waals surface area (Å²) >= 11 is 0. The van der Waals surface area contributed by atoms with Crippen molar-refractivity contribution < 1.29 is 0 Å². The van der Waals surface area contributed by atoms with Crippen molar-refractivity contribution in [1.29, 1.82) is 10.8 Å². The van der Waals surface area contributed by atoms with E-state index >= 15 is 0 Å². The maximum Gasteiger partial charge on any atom is 0.0658 e. The smallest absolute Gasteiger partial charge is 0.0658 e. The van der Waals surface area contributed by atoms with Crippen LogP contribution in [0.1, 0.15) is 6.92 Å². The second kappa shape index (κ2) is 4.27. The first-order valence-electron chi connectivity index (χ1n) is 3.07. The van der Waals surface area contributed by atoms with Crippen LogP contribution in [-0.4, -0.2) is 11.9 Å². The number of hydrogen-bond acceptors (Lipinski definition) is 4. The van der Waals surface area contributed by atoms with E-state index in [9.17, 15) is 0 Å². The molecule has 0 amide bonds. The van der Waals surface area contributed by atoms with Crippen molar-refractivity contribution in [2.75, 3.05) is 0 Å². The Morgan fingerprint density at radius 3 is 2.27 bits per heavy atom. The second-order valence-electron chi connectivity index (χ2n) is 2.07. The number of nitrogens with one attached hydrogen (secondary N) is 2. The summed E-state index contributed by atoms with van der Waals surface area (Å²) in [6.45, 7) is 1.67. The van der Waals surface area contributed by atoms with Crippen LogP contribution in [0.15, 0.2) is 23.5 Å². The zero-order valence-electron chi connectivity index (χ0n) is 6.39. The topological polar surface area (TPSA) is 99.7 Å². The minimum Gasteiger partial charge on any atom is -0.404 e. The fourth-order valence-corrected chi connectivity index (χ4v) is 0.527. The van der Waals surface area contributed by atoms with Gasteiger partial charge in [0.05, 0.1) is 5.71 Å². The molecule has 0 fully saturated rings. The summed E-state index contributed by atoms with van der Waals surface area (Å²) in [6.07, 6.45) is 3.67. The monoisotopic (exact) mass is 152 g/mol. The zero-order chi connectivity index (χ0) is 8.85. The van der Waals surface area contributed by atoms with E-state index in [-0.39, 0.29) is 5.71 Å². The van der Waals surface area contributed by atoms with Gasteiger partial charge in [0.15, 0.2) is 0 Å². The average Bonchev–Trinajstić information content (AvgIpc) is 1.88. The molecular formula is C7H12N4. The molecule has 60 valence electrons. The molecule has 0 spiro atoms. The third kappa shape index (κ3) is 3.20. The predicted octanol–water partition coefficient (Wildman–Crippen LogP) is 0.361. The largest absolute Gasteiger partial charge is 0.404 e. The molecule has 4 heteroatoms. The van der Waals surface area contributed by atoms with Gasteiger partial charge in [-0.25, -0.2) is 0 Å². The van der Waals surface area contributed by atoms with Gasteiger partial charge in [0.25, 0.3) is 0 Å². The van der Waals surface area contributed by atoms with Crippen molar-refractivity contribution in [3.05, 3.63) is 23.5 Å². The molecule has 0 aromatic carbocycles. The molecule has 0 atom stereocenters. The van der Waals surface area contributed by atoms with Crippen LogP contribution in [0.4, 0.5) is 0 Å². The fraction of sp³-hybridized carbons (Fsp3) is 0.143. The van der Waals surface area contributed by atoms with Crippen molar-refractivity contribution in [2.24, 2.45) is 11.5 Å². The van der Waals surface area contributed by atoms with Crippen molar-refractivity contribution in [3.8, 4) is 0 Å². The van der Waals surface area contributed by atoms with Gasteiger partial charge in [0.1, 0.15) is 0 Å². The molecule has 0 saturated heterocycles. The van der Waals surface area contributed by atoms with Gasteiger partial charge in [-0.1, -0.05) is 0 Å². The highest BCUT2D eigenvalue weighted by molar-refractivity contribution is 6.19. The summed E-state index contributed by atoms with van der Waals surface area (Å²) in [5.74, 6) is 0. The lowest BCUT2D eigenvalue weighted by molar-refractivity contribution is 1.32. The van der Waals surface area contributed by atoms with Crippen LogP contribution in [0.5, 0.6) is 0 Å². The van der Waals surface area contributed by atoms with Crippen LogP contribution in [0.25, 0.3) is 0 Å². The van der Waals surface area contributed by atoms with Gasteiger partial charge < -0.3 is 22.3 Å². The van der Waals surface area contributed by atoms with Crippen LogP contribution in [0.2, 0.25) is 0 Å². The van der Waals surface area contributed by atoms with Gasteiger partial charge in [0.2, 0.25) is 0 Å². The van der Waals surface area contributed by atoms with Crippen LogP contribution in [0, 0.1) is 10.8 Å². The van der Waals surface area contributed by atoms with Gasteiger partial charge >= 0.3 is 0 Å². The molecule has 11 heavy (non-hydrogen) atoms. The Hall–Kier alpha value is -1.58. The SMILES string of the molecule is C/C(N)=C/C(=N)/C(C=N)=C/N. The van der Waals surface area contributed by atoms with Crippen molar-refractivity contribution >= 4 is 11.9 Å². The molecule has 6 N–H and O–H groups in total. The van der Waals surface area contributed by atoms with E-state index in [1.54, 1.807) is 6.92 Å². The quantitative estimate of drug-likeness (QED) is 0.439. The highest BCUT2D eigenvalue weighted by atomic mass is 14.6. The maximum absolute atomic E-state index is 7.32. The second-order valence-corrected chi connectivity index (χ2v) is 2.07. The third-order valence-corrected chi connectivity index (χ3v) is 1.02. The molecule has 0 bridgehead atoms. The molecule has 0 rings (SSSR count). The minimum absolute atomic E-state index is 0.155. The normalized spacial score (nSPS) is 12.8. The molecule has 0 aromatic rings. The molecule has 0 aliphatic carbocycles. The lowest BCUT2D eigenvalue weighted by Gasteiger charge is -1.96. The first-order chi connectivity index (χ1) is 5.11. The molecule has 0 radical (unpaired) electrons. The number of allylic oxidation sites excluding steroid dienone is 3. The summed E-state index contributed by atoms with van der Waals surface area (Å²) in [6, 6.07) is 0. The van der Waals surface area contributed by atoms with Gasteiger partial charge in [-0.05, 0) is 13.0 Å². The summed E-state index contributed by atoms with van der Waals surface area (Å²) < 4.78 is 0. The Bertz CT molecular complexity index is 221. The highest BCUT2D eigenvalue weighted by Gasteiger charge is 1.96. The Labute approximate surface area is 65.6 Å². The number of hydrogen-bond donors (Lipinski definition) is 4. The van der Waals surface area contributed by atoms with Crippen molar-refractivity contribution in [1.82, 2.24) is 0 Å². The van der Waals surface area contributed by atoms with E-state index in [0.717, 1.165) is 6.21 Å². The van der Waals surface area contributed by atoms with E-state index in [0.29, 0.717) is 11.3 Å². The van der Waals surface area contributed by atoms with Crippen LogP contribution < -0.4 is 11.5 Å². The summed E-state index contributed by atoms with van der Waals surface area (Å²) in [4.78, 5) is 0. The third-order valence-electron chi connectivity index (χ3n) is 1.02. The summed E-state index contributed by atoms with van der Waals surface area (Å²) in [5, 5.41) is 14.2. The van der Waals surface area contributed by atoms with E-state index in [1.807, 2.05) is 0 Å². The molecule has 0 aliphatic heterocycles. The Morgan fingerprint density at radius 2 is 2.00 bits per heavy atom. The van der Waals surface area contributed by atoms with E-state index in [2.05, 4.69) is 0 Å². The van der Waals surface area contributed by atoms with Gasteiger partial charge in [0, 0.05) is 23.7 Å². The Kier molecular flexibility index (Phi) is 3.66. The van der Waals surface area contributed by atoms with Crippen LogP contribution in [0.3, 0.4) is 0 Å². The lowest BCUT2D eigenvalue weighted by Crippen LogP contribution is -2.04. The fourth-order valence-electron chi connectivity index (χ4n) is 0.527. The lowest BCUT2D eigenvalue weighted by atomic mass is 10.1. The molecule has 0 unspecified atom stereocenters. The maximum atomic E-state index is 7.32. The molecule has 0 aromatic heterocycles. The van der Waals surface area contributed by atoms with Gasteiger partial charge in [-0.2, -0.15) is 0 Å². The molecular weight excluding hydrogens is 140 g/mol. The number of nitrogens with two attached hydrogens (primary N) is 2. The average molecular weight is 152 g/mol. The first-order valence-corrected chi connectivity index (χ1v) is 3.07. The van der Waals surface area contributed by atoms with Gasteiger partial charge in [-0.15, -0.1) is 0 Å². The minimum atomic E-state index is 0.155. The van der Waals surface area contributed by atoms with E-state index in [4.69, 9.17) is 22.3 Å². The summed E-state index contributed by atoms with van der Waals surface area (Å²) in [5.41, 5.74) is 11.5. The van der Waals surface area contributed by atoms with Crippen LogP contribution >= 0.6 is 0 Å². The van der Waals surface area contributed by atoms with Crippen molar-refractivity contribution in [2.45, 2.75) is 6.92 Å².